The molecule has 0 unspecified atom stereocenters. The predicted molar refractivity (Wildman–Crippen MR) is 155 cm³/mol. The van der Waals surface area contributed by atoms with Crippen molar-refractivity contribution in [2.75, 3.05) is 12.0 Å². The summed E-state index contributed by atoms with van der Waals surface area (Å²) in [4.78, 5) is 41.9. The molecule has 5 aromatic rings. The van der Waals surface area contributed by atoms with E-state index in [0.29, 0.717) is 33.6 Å². The molecule has 9 nitrogen and oxygen atoms in total. The molecule has 0 radical (unpaired) electrons. The molecule has 5 rings (SSSR count). The Hall–Kier alpha value is -5.31. The highest BCUT2D eigenvalue weighted by molar-refractivity contribution is 6.03. The predicted octanol–water partition coefficient (Wildman–Crippen LogP) is 4.73. The number of benzene rings is 4. The van der Waals surface area contributed by atoms with E-state index >= 15 is 0 Å². The van der Waals surface area contributed by atoms with Gasteiger partial charge in [0.2, 0.25) is 11.8 Å². The van der Waals surface area contributed by atoms with Crippen molar-refractivity contribution in [1.82, 2.24) is 20.3 Å². The fourth-order valence-corrected chi connectivity index (χ4v) is 4.66. The van der Waals surface area contributed by atoms with Crippen molar-refractivity contribution >= 4 is 34.3 Å². The molecule has 0 aliphatic rings. The Labute approximate surface area is 237 Å². The Morgan fingerprint density at radius 1 is 0.902 bits per heavy atom. The number of hydrogen-bond donors (Lipinski definition) is 1. The molecule has 0 saturated heterocycles. The van der Waals surface area contributed by atoms with E-state index in [0.717, 1.165) is 5.56 Å². The van der Waals surface area contributed by atoms with Crippen molar-refractivity contribution < 1.29 is 19.1 Å². The summed E-state index contributed by atoms with van der Waals surface area (Å²) >= 11 is 0. The van der Waals surface area contributed by atoms with Crippen LogP contribution in [0.2, 0.25) is 0 Å². The van der Waals surface area contributed by atoms with Gasteiger partial charge in [-0.25, -0.2) is 4.68 Å². The number of hydrogen-bond acceptors (Lipinski definition) is 6. The Kier molecular flexibility index (Phi) is 8.15. The molecule has 0 aliphatic heterocycles. The lowest BCUT2D eigenvalue weighted by molar-refractivity contribution is -0.127. The fourth-order valence-electron chi connectivity index (χ4n) is 4.66. The number of nitrogens with zero attached hydrogens (tertiary/aromatic N) is 4. The largest absolute Gasteiger partial charge is 0.497 e. The normalized spacial score (nSPS) is 11.6. The zero-order valence-corrected chi connectivity index (χ0v) is 22.7. The molecule has 0 aliphatic carbocycles. The summed E-state index contributed by atoms with van der Waals surface area (Å²) in [5.74, 6) is -0.431. The van der Waals surface area contributed by atoms with E-state index < -0.39 is 17.9 Å². The average molecular weight is 548 g/mol. The molecular formula is C32H29N5O4. The third-order valence-electron chi connectivity index (χ3n) is 6.73. The van der Waals surface area contributed by atoms with Gasteiger partial charge in [0.25, 0.3) is 0 Å². The van der Waals surface area contributed by atoms with Crippen molar-refractivity contribution in [1.29, 1.82) is 0 Å². The second-order valence-corrected chi connectivity index (χ2v) is 9.49. The zero-order chi connectivity index (χ0) is 28.8. The second kappa shape index (κ2) is 12.3. The van der Waals surface area contributed by atoms with Crippen molar-refractivity contribution in [3.63, 3.8) is 0 Å². The van der Waals surface area contributed by atoms with Gasteiger partial charge in [-0.05, 0) is 54.4 Å². The Bertz CT molecular complexity index is 1700. The number of ether oxygens (including phenoxy) is 1. The van der Waals surface area contributed by atoms with Gasteiger partial charge in [-0.2, -0.15) is 0 Å². The minimum Gasteiger partial charge on any atom is -0.497 e. The maximum Gasteiger partial charge on any atom is 0.249 e. The fraction of sp³-hybridized carbons (Fsp3) is 0.156. The summed E-state index contributed by atoms with van der Waals surface area (Å²) in [6, 6.07) is 29.5. The van der Waals surface area contributed by atoms with Gasteiger partial charge >= 0.3 is 0 Å². The van der Waals surface area contributed by atoms with Gasteiger partial charge in [0.1, 0.15) is 23.9 Å². The van der Waals surface area contributed by atoms with Gasteiger partial charge in [0.15, 0.2) is 5.78 Å². The lowest BCUT2D eigenvalue weighted by Gasteiger charge is -2.32. The molecule has 0 bridgehead atoms. The maximum atomic E-state index is 14.2. The van der Waals surface area contributed by atoms with Crippen molar-refractivity contribution in [3.8, 4) is 5.75 Å². The van der Waals surface area contributed by atoms with Crippen LogP contribution < -0.4 is 15.0 Å². The second-order valence-electron chi connectivity index (χ2n) is 9.49. The number of nitrogens with one attached hydrogen (secondary N) is 1. The van der Waals surface area contributed by atoms with E-state index in [-0.39, 0.29) is 18.9 Å². The summed E-state index contributed by atoms with van der Waals surface area (Å²) in [7, 11) is 1.54. The van der Waals surface area contributed by atoms with Gasteiger partial charge in [-0.3, -0.25) is 19.3 Å². The Morgan fingerprint density at radius 3 is 2.44 bits per heavy atom. The number of carbonyl (C=O) groups is 3. The van der Waals surface area contributed by atoms with Crippen LogP contribution in [-0.2, 0) is 22.7 Å². The Morgan fingerprint density at radius 2 is 1.66 bits per heavy atom. The first-order valence-corrected chi connectivity index (χ1v) is 13.1. The number of aromatic nitrogens is 3. The number of rotatable bonds is 10. The molecule has 1 heterocycles. The number of carbonyl (C=O) groups excluding carboxylic acids is 3. The van der Waals surface area contributed by atoms with Crippen LogP contribution in [0.1, 0.15) is 34.5 Å². The van der Waals surface area contributed by atoms with Crippen molar-refractivity contribution in [2.24, 2.45) is 0 Å². The highest BCUT2D eigenvalue weighted by Gasteiger charge is 2.34. The lowest BCUT2D eigenvalue weighted by atomic mass is 10.0. The minimum atomic E-state index is -1.08. The van der Waals surface area contributed by atoms with Crippen molar-refractivity contribution in [3.05, 3.63) is 120 Å². The standard InChI is InChI=1S/C32H29N5O4/c1-22(38)24-12-8-14-26(18-24)37(30(39)21-36-29-17-7-6-16-28(29)34-35-36)31(25-13-9-15-27(19-25)41-2)32(40)33-20-23-10-4-3-5-11-23/h3-19,31H,20-21H2,1-2H3,(H,33,40)/t31-/m0/s1. The topological polar surface area (TPSA) is 106 Å². The molecule has 4 aromatic carbocycles. The molecule has 1 atom stereocenters. The number of anilines is 1. The molecule has 0 fully saturated rings. The van der Waals surface area contributed by atoms with E-state index in [4.69, 9.17) is 4.74 Å². The maximum absolute atomic E-state index is 14.2. The van der Waals surface area contributed by atoms with Crippen molar-refractivity contribution in [2.45, 2.75) is 26.1 Å². The molecule has 0 spiro atoms. The average Bonchev–Trinajstić information content (AvgIpc) is 3.41. The summed E-state index contributed by atoms with van der Waals surface area (Å²) < 4.78 is 6.95. The number of para-hydroxylation sites is 1. The van der Waals surface area contributed by atoms with E-state index in [2.05, 4.69) is 15.6 Å². The van der Waals surface area contributed by atoms with Gasteiger partial charge in [0.05, 0.1) is 12.6 Å². The first-order chi connectivity index (χ1) is 19.9. The van der Waals surface area contributed by atoms with Crippen LogP contribution in [0.15, 0.2) is 103 Å². The van der Waals surface area contributed by atoms with Crippen LogP contribution in [-0.4, -0.2) is 39.7 Å². The highest BCUT2D eigenvalue weighted by atomic mass is 16.5. The lowest BCUT2D eigenvalue weighted by Crippen LogP contribution is -2.45. The molecule has 206 valence electrons. The van der Waals surface area contributed by atoms with Gasteiger partial charge in [0, 0.05) is 17.8 Å². The van der Waals surface area contributed by atoms with Crippen LogP contribution >= 0.6 is 0 Å². The molecule has 1 N–H and O–H groups in total. The zero-order valence-electron chi connectivity index (χ0n) is 22.7. The molecule has 41 heavy (non-hydrogen) atoms. The Balaban J connectivity index is 1.60. The van der Waals surface area contributed by atoms with Crippen LogP contribution in [0.25, 0.3) is 11.0 Å². The van der Waals surface area contributed by atoms with E-state index in [9.17, 15) is 14.4 Å². The smallest absolute Gasteiger partial charge is 0.249 e. The molecule has 1 aromatic heterocycles. The number of methoxy groups -OCH3 is 1. The first kappa shape index (κ1) is 27.3. The molecule has 2 amide bonds. The molecule has 9 heteroatoms. The third-order valence-corrected chi connectivity index (χ3v) is 6.73. The van der Waals surface area contributed by atoms with Crippen LogP contribution in [0, 0.1) is 0 Å². The van der Waals surface area contributed by atoms with Crippen LogP contribution in [0.4, 0.5) is 5.69 Å². The number of fused-ring (bicyclic) bond motifs is 1. The summed E-state index contributed by atoms with van der Waals surface area (Å²) in [5.41, 5.74) is 3.60. The van der Waals surface area contributed by atoms with Gasteiger partial charge < -0.3 is 10.1 Å². The van der Waals surface area contributed by atoms with E-state index in [1.165, 1.54) is 16.5 Å². The van der Waals surface area contributed by atoms with Gasteiger partial charge in [-0.1, -0.05) is 71.9 Å². The van der Waals surface area contributed by atoms with E-state index in [1.54, 1.807) is 55.6 Å². The van der Waals surface area contributed by atoms with E-state index in [1.807, 2.05) is 54.6 Å². The summed E-state index contributed by atoms with van der Waals surface area (Å²) in [5, 5.41) is 11.3. The summed E-state index contributed by atoms with van der Waals surface area (Å²) in [6.45, 7) is 1.54. The van der Waals surface area contributed by atoms with Gasteiger partial charge in [-0.15, -0.1) is 5.10 Å². The SMILES string of the molecule is COc1cccc([C@@H](C(=O)NCc2ccccc2)N(C(=O)Cn2nnc3ccccc32)c2cccc(C(C)=O)c2)c1. The number of Topliss-reactive ketones (excluding diaryl/α,β-unsaturated/α-hetero) is 1. The number of ketones is 1. The highest BCUT2D eigenvalue weighted by Crippen LogP contribution is 2.31. The summed E-state index contributed by atoms with van der Waals surface area (Å²) in [6.07, 6.45) is 0. The van der Waals surface area contributed by atoms with Crippen LogP contribution in [0.3, 0.4) is 0 Å². The number of amides is 2. The molecular weight excluding hydrogens is 518 g/mol. The monoisotopic (exact) mass is 547 g/mol. The minimum absolute atomic E-state index is 0.159. The molecule has 0 saturated carbocycles. The van der Waals surface area contributed by atoms with Crippen LogP contribution in [0.5, 0.6) is 5.75 Å². The third kappa shape index (κ3) is 6.14. The first-order valence-electron chi connectivity index (χ1n) is 13.1. The quantitative estimate of drug-likeness (QED) is 0.253.